The zero-order valence-corrected chi connectivity index (χ0v) is 17.1. The Hall–Kier alpha value is -4.28. The molecular formula is C21H20N6O5. The Morgan fingerprint density at radius 1 is 1.22 bits per heavy atom. The number of hydrogen-bond donors (Lipinski definition) is 4. The Bertz CT molecular complexity index is 1300. The van der Waals surface area contributed by atoms with E-state index in [1.165, 1.54) is 6.07 Å². The number of imide groups is 1. The SMILES string of the molecule is Cc1ccc(NC(=O)NCc2ccc3nnn(C4CCC(=O)NC4=O)c(=O)c3c2)cc1O. The topological polar surface area (TPSA) is 155 Å². The number of urea groups is 1. The molecule has 4 amide bonds. The van der Waals surface area contributed by atoms with Crippen LogP contribution >= 0.6 is 0 Å². The molecule has 0 saturated carbocycles. The van der Waals surface area contributed by atoms with E-state index < -0.39 is 23.5 Å². The number of rotatable bonds is 4. The van der Waals surface area contributed by atoms with E-state index in [2.05, 4.69) is 26.3 Å². The van der Waals surface area contributed by atoms with Crippen molar-refractivity contribution in [2.24, 2.45) is 0 Å². The van der Waals surface area contributed by atoms with E-state index >= 15 is 0 Å². The van der Waals surface area contributed by atoms with Crippen molar-refractivity contribution in [2.45, 2.75) is 32.4 Å². The van der Waals surface area contributed by atoms with Crippen molar-refractivity contribution in [2.75, 3.05) is 5.32 Å². The number of carbonyl (C=O) groups excluding carboxylic acids is 3. The second kappa shape index (κ2) is 8.46. The van der Waals surface area contributed by atoms with E-state index in [9.17, 15) is 24.3 Å². The predicted octanol–water partition coefficient (Wildman–Crippen LogP) is 1.10. The molecule has 0 spiro atoms. The van der Waals surface area contributed by atoms with Crippen molar-refractivity contribution in [3.05, 3.63) is 57.9 Å². The summed E-state index contributed by atoms with van der Waals surface area (Å²) in [6.45, 7) is 1.87. The maximum Gasteiger partial charge on any atom is 0.319 e. The molecule has 4 N–H and O–H groups in total. The Balaban J connectivity index is 1.50. The van der Waals surface area contributed by atoms with Crippen LogP contribution < -0.4 is 21.5 Å². The fraction of sp³-hybridized carbons (Fsp3) is 0.238. The Labute approximate surface area is 181 Å². The van der Waals surface area contributed by atoms with Gasteiger partial charge in [-0.05, 0) is 42.7 Å². The molecule has 3 aromatic rings. The van der Waals surface area contributed by atoms with Gasteiger partial charge in [-0.2, -0.15) is 4.68 Å². The maximum absolute atomic E-state index is 12.9. The minimum Gasteiger partial charge on any atom is -0.508 e. The second-order valence-corrected chi connectivity index (χ2v) is 7.47. The Morgan fingerprint density at radius 3 is 2.78 bits per heavy atom. The molecule has 0 aliphatic carbocycles. The molecule has 2 aromatic carbocycles. The predicted molar refractivity (Wildman–Crippen MR) is 114 cm³/mol. The van der Waals surface area contributed by atoms with Gasteiger partial charge in [0.15, 0.2) is 0 Å². The third-order valence-electron chi connectivity index (χ3n) is 5.17. The number of anilines is 1. The molecule has 0 radical (unpaired) electrons. The number of nitrogens with zero attached hydrogens (tertiary/aromatic N) is 3. The number of aromatic hydroxyl groups is 1. The third kappa shape index (κ3) is 4.26. The fourth-order valence-corrected chi connectivity index (χ4v) is 3.38. The number of phenolic OH excluding ortho intramolecular Hbond substituents is 1. The van der Waals surface area contributed by atoms with Crippen LogP contribution in [0.2, 0.25) is 0 Å². The first kappa shape index (κ1) is 21.0. The van der Waals surface area contributed by atoms with Crippen molar-refractivity contribution in [3.63, 3.8) is 0 Å². The minimum absolute atomic E-state index is 0.0748. The molecule has 4 rings (SSSR count). The van der Waals surface area contributed by atoms with Gasteiger partial charge in [-0.1, -0.05) is 17.3 Å². The zero-order valence-electron chi connectivity index (χ0n) is 17.1. The van der Waals surface area contributed by atoms with Gasteiger partial charge in [0.1, 0.15) is 17.3 Å². The quantitative estimate of drug-likeness (QED) is 0.446. The van der Waals surface area contributed by atoms with Crippen LogP contribution in [0.4, 0.5) is 10.5 Å². The molecular weight excluding hydrogens is 416 g/mol. The summed E-state index contributed by atoms with van der Waals surface area (Å²) < 4.78 is 0.984. The van der Waals surface area contributed by atoms with Crippen LogP contribution in [0.1, 0.15) is 30.0 Å². The molecule has 1 atom stereocenters. The number of piperidine rings is 1. The molecule has 1 aliphatic rings. The summed E-state index contributed by atoms with van der Waals surface area (Å²) in [7, 11) is 0. The first-order valence-corrected chi connectivity index (χ1v) is 9.88. The van der Waals surface area contributed by atoms with Gasteiger partial charge < -0.3 is 15.7 Å². The summed E-state index contributed by atoms with van der Waals surface area (Å²) in [6, 6.07) is 8.28. The van der Waals surface area contributed by atoms with Crippen LogP contribution in [0.25, 0.3) is 10.9 Å². The van der Waals surface area contributed by atoms with Crippen LogP contribution in [0.5, 0.6) is 5.75 Å². The van der Waals surface area contributed by atoms with Gasteiger partial charge in [0.25, 0.3) is 11.5 Å². The van der Waals surface area contributed by atoms with Crippen molar-refractivity contribution >= 4 is 34.4 Å². The van der Waals surface area contributed by atoms with Gasteiger partial charge in [-0.3, -0.25) is 19.7 Å². The van der Waals surface area contributed by atoms with E-state index in [0.717, 1.165) is 4.68 Å². The highest BCUT2D eigenvalue weighted by Crippen LogP contribution is 2.21. The molecule has 1 aromatic heterocycles. The number of nitrogens with one attached hydrogen (secondary N) is 3. The van der Waals surface area contributed by atoms with Gasteiger partial charge in [0, 0.05) is 24.7 Å². The molecule has 32 heavy (non-hydrogen) atoms. The molecule has 1 unspecified atom stereocenters. The van der Waals surface area contributed by atoms with Gasteiger partial charge >= 0.3 is 6.03 Å². The average molecular weight is 436 g/mol. The van der Waals surface area contributed by atoms with Crippen molar-refractivity contribution in [1.82, 2.24) is 25.6 Å². The van der Waals surface area contributed by atoms with Crippen LogP contribution in [-0.2, 0) is 16.1 Å². The van der Waals surface area contributed by atoms with Gasteiger partial charge in [0.2, 0.25) is 5.91 Å². The number of benzene rings is 2. The summed E-state index contributed by atoms with van der Waals surface area (Å²) in [4.78, 5) is 48.5. The summed E-state index contributed by atoms with van der Waals surface area (Å²) in [5.74, 6) is -0.903. The smallest absolute Gasteiger partial charge is 0.319 e. The molecule has 1 aliphatic heterocycles. The number of hydrogen-bond acceptors (Lipinski definition) is 7. The Kier molecular flexibility index (Phi) is 5.54. The molecule has 1 saturated heterocycles. The lowest BCUT2D eigenvalue weighted by Crippen LogP contribution is -2.45. The molecule has 1 fully saturated rings. The highest BCUT2D eigenvalue weighted by Gasteiger charge is 2.30. The summed E-state index contributed by atoms with van der Waals surface area (Å²) in [5.41, 5.74) is 1.61. The average Bonchev–Trinajstić information content (AvgIpc) is 2.76. The highest BCUT2D eigenvalue weighted by atomic mass is 16.3. The van der Waals surface area contributed by atoms with E-state index in [1.54, 1.807) is 37.3 Å². The van der Waals surface area contributed by atoms with Gasteiger partial charge in [-0.15, -0.1) is 5.10 Å². The number of amides is 4. The third-order valence-corrected chi connectivity index (χ3v) is 5.17. The van der Waals surface area contributed by atoms with Gasteiger partial charge in [0.05, 0.1) is 5.39 Å². The zero-order chi connectivity index (χ0) is 22.8. The summed E-state index contributed by atoms with van der Waals surface area (Å²) >= 11 is 0. The van der Waals surface area contributed by atoms with Crippen LogP contribution in [-0.4, -0.2) is 37.9 Å². The number of aryl methyl sites for hydroxylation is 1. The molecule has 0 bridgehead atoms. The van der Waals surface area contributed by atoms with E-state index in [-0.39, 0.29) is 36.4 Å². The van der Waals surface area contributed by atoms with Crippen LogP contribution in [0.15, 0.2) is 41.2 Å². The largest absolute Gasteiger partial charge is 0.508 e. The molecule has 164 valence electrons. The number of carbonyl (C=O) groups is 3. The number of phenols is 1. The summed E-state index contributed by atoms with van der Waals surface area (Å²) in [6.07, 6.45) is 0.279. The van der Waals surface area contributed by atoms with Crippen LogP contribution in [0, 0.1) is 6.92 Å². The first-order chi connectivity index (χ1) is 15.3. The van der Waals surface area contributed by atoms with E-state index in [4.69, 9.17) is 0 Å². The monoisotopic (exact) mass is 436 g/mol. The highest BCUT2D eigenvalue weighted by molar-refractivity contribution is 5.99. The van der Waals surface area contributed by atoms with Crippen molar-refractivity contribution < 1.29 is 19.5 Å². The van der Waals surface area contributed by atoms with E-state index in [0.29, 0.717) is 22.3 Å². The standard InChI is InChI=1S/C21H20N6O5/c1-11-2-4-13(9-17(11)28)23-21(32)22-10-12-3-5-15-14(8-12)20(31)27(26-25-15)16-6-7-18(29)24-19(16)30/h2-5,8-9,16,28H,6-7,10H2,1H3,(H2,22,23,32)(H,24,29,30). The molecule has 11 heteroatoms. The van der Waals surface area contributed by atoms with Crippen molar-refractivity contribution in [1.29, 1.82) is 0 Å². The van der Waals surface area contributed by atoms with Gasteiger partial charge in [-0.25, -0.2) is 4.79 Å². The lowest BCUT2D eigenvalue weighted by atomic mass is 10.1. The second-order valence-electron chi connectivity index (χ2n) is 7.47. The maximum atomic E-state index is 12.9. The lowest BCUT2D eigenvalue weighted by molar-refractivity contribution is -0.136. The van der Waals surface area contributed by atoms with E-state index in [1.807, 2.05) is 0 Å². The first-order valence-electron chi connectivity index (χ1n) is 9.88. The minimum atomic E-state index is -0.907. The van der Waals surface area contributed by atoms with Crippen molar-refractivity contribution in [3.8, 4) is 5.75 Å². The fourth-order valence-electron chi connectivity index (χ4n) is 3.38. The number of aromatic nitrogens is 3. The number of fused-ring (bicyclic) bond motifs is 1. The molecule has 2 heterocycles. The normalized spacial score (nSPS) is 16.0. The van der Waals surface area contributed by atoms with Crippen LogP contribution in [0.3, 0.4) is 0 Å². The lowest BCUT2D eigenvalue weighted by Gasteiger charge is -2.21. The summed E-state index contributed by atoms with van der Waals surface area (Å²) in [5, 5.41) is 25.3. The Morgan fingerprint density at radius 2 is 2.03 bits per heavy atom. The molecule has 11 nitrogen and oxygen atoms in total.